The van der Waals surface area contributed by atoms with Crippen LogP contribution in [0.2, 0.25) is 0 Å². The summed E-state index contributed by atoms with van der Waals surface area (Å²) in [4.78, 5) is 0.268. The second-order valence-electron chi connectivity index (χ2n) is 4.40. The van der Waals surface area contributed by atoms with Gasteiger partial charge in [0, 0.05) is 13.2 Å². The summed E-state index contributed by atoms with van der Waals surface area (Å²) < 4.78 is 30.0. The van der Waals surface area contributed by atoms with Crippen LogP contribution in [-0.4, -0.2) is 26.9 Å². The third-order valence-corrected chi connectivity index (χ3v) is 5.40. The third kappa shape index (κ3) is 2.45. The van der Waals surface area contributed by atoms with Gasteiger partial charge in [-0.1, -0.05) is 6.07 Å². The van der Waals surface area contributed by atoms with E-state index in [0.29, 0.717) is 31.7 Å². The lowest BCUT2D eigenvalue weighted by molar-refractivity contribution is 0.0983. The predicted octanol–water partition coefficient (Wildman–Crippen LogP) is 1.53. The van der Waals surface area contributed by atoms with Crippen molar-refractivity contribution in [3.63, 3.8) is 0 Å². The predicted molar refractivity (Wildman–Crippen MR) is 66.6 cm³/mol. The van der Waals surface area contributed by atoms with Gasteiger partial charge in [0.25, 0.3) is 0 Å². The number of benzene rings is 1. The summed E-state index contributed by atoms with van der Waals surface area (Å²) in [6, 6.07) is 5.13. The van der Waals surface area contributed by atoms with Crippen LogP contribution in [0.25, 0.3) is 0 Å². The average Bonchev–Trinajstić information content (AvgIpc) is 2.33. The van der Waals surface area contributed by atoms with Crippen molar-refractivity contribution in [2.75, 3.05) is 18.9 Å². The molecule has 0 saturated carbocycles. The fraction of sp³-hybridized carbons (Fsp3) is 0.500. The van der Waals surface area contributed by atoms with Crippen LogP contribution < -0.4 is 5.73 Å². The molecule has 0 spiro atoms. The Morgan fingerprint density at radius 3 is 2.59 bits per heavy atom. The van der Waals surface area contributed by atoms with Crippen LogP contribution in [0.5, 0.6) is 0 Å². The number of anilines is 1. The van der Waals surface area contributed by atoms with E-state index in [1.165, 1.54) is 0 Å². The van der Waals surface area contributed by atoms with E-state index in [9.17, 15) is 8.42 Å². The van der Waals surface area contributed by atoms with E-state index in [-0.39, 0.29) is 10.1 Å². The summed E-state index contributed by atoms with van der Waals surface area (Å²) in [6.45, 7) is 2.88. The summed E-state index contributed by atoms with van der Waals surface area (Å²) in [5, 5.41) is -0.361. The van der Waals surface area contributed by atoms with E-state index in [2.05, 4.69) is 0 Å². The standard InChI is InChI=1S/C12H17NO3S/c1-9-2-3-11(13)12(8-9)17(14,15)10-4-6-16-7-5-10/h2-3,8,10H,4-7,13H2,1H3. The Morgan fingerprint density at radius 2 is 1.94 bits per heavy atom. The molecular weight excluding hydrogens is 238 g/mol. The molecule has 0 amide bonds. The van der Waals surface area contributed by atoms with Gasteiger partial charge in [-0.2, -0.15) is 0 Å². The van der Waals surface area contributed by atoms with Crippen LogP contribution in [0.15, 0.2) is 23.1 Å². The number of nitrogens with two attached hydrogens (primary N) is 1. The Kier molecular flexibility index (Phi) is 3.40. The molecule has 1 saturated heterocycles. The van der Waals surface area contributed by atoms with Gasteiger partial charge < -0.3 is 10.5 Å². The number of nitrogen functional groups attached to an aromatic ring is 1. The Labute approximate surface area is 102 Å². The first-order chi connectivity index (χ1) is 8.01. The van der Waals surface area contributed by atoms with Gasteiger partial charge in [0.15, 0.2) is 9.84 Å². The molecule has 4 nitrogen and oxygen atoms in total. The van der Waals surface area contributed by atoms with Gasteiger partial charge in [0.1, 0.15) is 0 Å². The molecule has 94 valence electrons. The molecule has 0 bridgehead atoms. The van der Waals surface area contributed by atoms with E-state index in [0.717, 1.165) is 5.56 Å². The Hall–Kier alpha value is -1.07. The zero-order valence-electron chi connectivity index (χ0n) is 9.85. The molecule has 0 radical (unpaired) electrons. The lowest BCUT2D eigenvalue weighted by Crippen LogP contribution is -2.29. The van der Waals surface area contributed by atoms with Crippen molar-refractivity contribution < 1.29 is 13.2 Å². The molecule has 1 aliphatic rings. The SMILES string of the molecule is Cc1ccc(N)c(S(=O)(=O)C2CCOCC2)c1. The monoisotopic (exact) mass is 255 g/mol. The largest absolute Gasteiger partial charge is 0.398 e. The smallest absolute Gasteiger partial charge is 0.183 e. The average molecular weight is 255 g/mol. The fourth-order valence-corrected chi connectivity index (χ4v) is 3.97. The van der Waals surface area contributed by atoms with Crippen molar-refractivity contribution in [1.29, 1.82) is 0 Å². The highest BCUT2D eigenvalue weighted by Gasteiger charge is 2.30. The van der Waals surface area contributed by atoms with Crippen LogP contribution in [0.3, 0.4) is 0 Å². The topological polar surface area (TPSA) is 69.4 Å². The second kappa shape index (κ2) is 4.66. The summed E-state index contributed by atoms with van der Waals surface area (Å²) in [6.07, 6.45) is 1.10. The van der Waals surface area contributed by atoms with Crippen molar-refractivity contribution in [2.45, 2.75) is 29.9 Å². The first-order valence-electron chi connectivity index (χ1n) is 5.69. The minimum atomic E-state index is -3.32. The first-order valence-corrected chi connectivity index (χ1v) is 7.24. The highest BCUT2D eigenvalue weighted by Crippen LogP contribution is 2.28. The molecule has 0 aliphatic carbocycles. The Balaban J connectivity index is 2.40. The quantitative estimate of drug-likeness (QED) is 0.814. The van der Waals surface area contributed by atoms with Crippen molar-refractivity contribution in [1.82, 2.24) is 0 Å². The fourth-order valence-electron chi connectivity index (χ4n) is 2.05. The normalized spacial score (nSPS) is 18.2. The maximum atomic E-state index is 12.4. The van der Waals surface area contributed by atoms with Crippen molar-refractivity contribution in [3.05, 3.63) is 23.8 Å². The van der Waals surface area contributed by atoms with Crippen LogP contribution >= 0.6 is 0 Å². The highest BCUT2D eigenvalue weighted by molar-refractivity contribution is 7.92. The summed E-state index contributed by atoms with van der Waals surface area (Å²) >= 11 is 0. The molecule has 0 atom stereocenters. The van der Waals surface area contributed by atoms with Crippen molar-refractivity contribution in [3.8, 4) is 0 Å². The van der Waals surface area contributed by atoms with E-state index in [1.807, 2.05) is 13.0 Å². The molecule has 1 aliphatic heterocycles. The zero-order chi connectivity index (χ0) is 12.5. The second-order valence-corrected chi connectivity index (χ2v) is 6.59. The number of aryl methyl sites for hydroxylation is 1. The molecule has 2 N–H and O–H groups in total. The summed E-state index contributed by atoms with van der Waals surface area (Å²) in [5.74, 6) is 0. The molecule has 1 aromatic rings. The maximum absolute atomic E-state index is 12.4. The molecule has 5 heteroatoms. The van der Waals surface area contributed by atoms with Gasteiger partial charge in [-0.3, -0.25) is 0 Å². The lowest BCUT2D eigenvalue weighted by atomic mass is 10.2. The van der Waals surface area contributed by atoms with Crippen molar-refractivity contribution in [2.24, 2.45) is 0 Å². The lowest BCUT2D eigenvalue weighted by Gasteiger charge is -2.23. The Morgan fingerprint density at radius 1 is 1.29 bits per heavy atom. The van der Waals surface area contributed by atoms with Crippen LogP contribution in [0.4, 0.5) is 5.69 Å². The maximum Gasteiger partial charge on any atom is 0.183 e. The van der Waals surface area contributed by atoms with Gasteiger partial charge in [0.05, 0.1) is 15.8 Å². The highest BCUT2D eigenvalue weighted by atomic mass is 32.2. The van der Waals surface area contributed by atoms with Gasteiger partial charge in [0.2, 0.25) is 0 Å². The van der Waals surface area contributed by atoms with Crippen molar-refractivity contribution >= 4 is 15.5 Å². The minimum absolute atomic E-state index is 0.268. The van der Waals surface area contributed by atoms with E-state index in [4.69, 9.17) is 10.5 Å². The van der Waals surface area contributed by atoms with E-state index >= 15 is 0 Å². The molecule has 17 heavy (non-hydrogen) atoms. The molecule has 2 rings (SSSR count). The number of hydrogen-bond donors (Lipinski definition) is 1. The van der Waals surface area contributed by atoms with Gasteiger partial charge in [-0.15, -0.1) is 0 Å². The Bertz CT molecular complexity index is 504. The molecule has 0 aromatic heterocycles. The van der Waals surface area contributed by atoms with E-state index in [1.54, 1.807) is 12.1 Å². The number of rotatable bonds is 2. The van der Waals surface area contributed by atoms with Gasteiger partial charge in [-0.05, 0) is 37.5 Å². The molecule has 0 unspecified atom stereocenters. The molecule has 1 heterocycles. The molecular formula is C12H17NO3S. The number of hydrogen-bond acceptors (Lipinski definition) is 4. The molecule has 1 fully saturated rings. The summed E-state index contributed by atoms with van der Waals surface area (Å²) in [7, 11) is -3.32. The van der Waals surface area contributed by atoms with Crippen LogP contribution in [-0.2, 0) is 14.6 Å². The number of ether oxygens (including phenoxy) is 1. The molecule has 1 aromatic carbocycles. The first kappa shape index (κ1) is 12.4. The van der Waals surface area contributed by atoms with Gasteiger partial charge in [-0.25, -0.2) is 8.42 Å². The van der Waals surface area contributed by atoms with E-state index < -0.39 is 9.84 Å². The van der Waals surface area contributed by atoms with Crippen LogP contribution in [0.1, 0.15) is 18.4 Å². The number of sulfone groups is 1. The third-order valence-electron chi connectivity index (χ3n) is 3.08. The minimum Gasteiger partial charge on any atom is -0.398 e. The zero-order valence-corrected chi connectivity index (χ0v) is 10.7. The van der Waals surface area contributed by atoms with Gasteiger partial charge >= 0.3 is 0 Å². The van der Waals surface area contributed by atoms with Crippen LogP contribution in [0, 0.1) is 6.92 Å². The summed E-state index contributed by atoms with van der Waals surface area (Å²) in [5.41, 5.74) is 7.01.